The lowest BCUT2D eigenvalue weighted by Crippen LogP contribution is -2.35. The number of aromatic amines is 1. The number of aryl methyl sites for hydroxylation is 1. The summed E-state index contributed by atoms with van der Waals surface area (Å²) in [6.07, 6.45) is 4.36. The van der Waals surface area contributed by atoms with Gasteiger partial charge in [0.25, 0.3) is 5.91 Å². The molecular weight excluding hydrogens is 382 g/mol. The minimum atomic E-state index is -0.414. The number of carbonyl (C=O) groups is 2. The number of cyclic esters (lactones) is 1. The van der Waals surface area contributed by atoms with Gasteiger partial charge in [0.05, 0.1) is 22.8 Å². The van der Waals surface area contributed by atoms with Crippen molar-refractivity contribution < 1.29 is 14.3 Å². The standard InChI is InChI=1S/C22H19N5O3/c1-11-20-26-19-14(6-3-7-16(19)24-11)17-8-15-18(25-17)12(9-23-21(15)28)4-2-5-13-10-30-22(29)27(13)20/h2-3,5-8,12-13,25H,4,9-10H2,1H3,(H,23,28)/b5-2-/t12-,13+/m0/s1. The minimum Gasteiger partial charge on any atom is -0.447 e. The fourth-order valence-corrected chi connectivity index (χ4v) is 4.56. The second-order valence-electron chi connectivity index (χ2n) is 7.90. The van der Waals surface area contributed by atoms with E-state index in [1.54, 1.807) is 4.90 Å². The molecule has 6 rings (SSSR count). The van der Waals surface area contributed by atoms with Gasteiger partial charge in [0.2, 0.25) is 0 Å². The van der Waals surface area contributed by atoms with Crippen LogP contribution in [0.3, 0.4) is 0 Å². The molecule has 0 aliphatic carbocycles. The molecule has 3 aromatic rings. The number of amides is 2. The summed E-state index contributed by atoms with van der Waals surface area (Å²) in [7, 11) is 0. The minimum absolute atomic E-state index is 0.0661. The number of aromatic nitrogens is 3. The van der Waals surface area contributed by atoms with E-state index < -0.39 is 6.09 Å². The highest BCUT2D eigenvalue weighted by molar-refractivity contribution is 6.00. The average Bonchev–Trinajstić information content (AvgIpc) is 3.33. The quantitative estimate of drug-likeness (QED) is 0.564. The molecule has 8 nitrogen and oxygen atoms in total. The second kappa shape index (κ2) is 6.16. The molecule has 1 aromatic carbocycles. The van der Waals surface area contributed by atoms with Crippen LogP contribution in [0.2, 0.25) is 0 Å². The summed E-state index contributed by atoms with van der Waals surface area (Å²) in [6, 6.07) is 7.42. The highest BCUT2D eigenvalue weighted by Gasteiger charge is 2.36. The van der Waals surface area contributed by atoms with Gasteiger partial charge >= 0.3 is 6.09 Å². The maximum absolute atomic E-state index is 12.5. The number of nitrogens with zero attached hydrogens (tertiary/aromatic N) is 3. The number of fused-ring (bicyclic) bond motifs is 5. The summed E-state index contributed by atoms with van der Waals surface area (Å²) in [5.74, 6) is 0.563. The normalized spacial score (nSPS) is 23.3. The first-order chi connectivity index (χ1) is 14.6. The molecule has 4 bridgehead atoms. The molecule has 0 unspecified atom stereocenters. The van der Waals surface area contributed by atoms with Gasteiger partial charge in [-0.25, -0.2) is 19.7 Å². The van der Waals surface area contributed by atoms with Crippen LogP contribution in [0.1, 0.15) is 34.1 Å². The van der Waals surface area contributed by atoms with E-state index in [4.69, 9.17) is 14.7 Å². The number of hydrogen-bond donors (Lipinski definition) is 2. The van der Waals surface area contributed by atoms with Crippen LogP contribution in [0, 0.1) is 6.92 Å². The van der Waals surface area contributed by atoms with E-state index in [9.17, 15) is 9.59 Å². The Bertz CT molecular complexity index is 1260. The third kappa shape index (κ3) is 2.39. The smallest absolute Gasteiger partial charge is 0.416 e. The van der Waals surface area contributed by atoms with Crippen molar-refractivity contribution in [1.29, 1.82) is 0 Å². The van der Waals surface area contributed by atoms with Crippen molar-refractivity contribution in [2.45, 2.75) is 25.3 Å². The van der Waals surface area contributed by atoms with Gasteiger partial charge in [-0.05, 0) is 25.5 Å². The van der Waals surface area contributed by atoms with Gasteiger partial charge in [-0.15, -0.1) is 0 Å². The number of rotatable bonds is 0. The maximum Gasteiger partial charge on any atom is 0.416 e. The van der Waals surface area contributed by atoms with Crippen molar-refractivity contribution in [3.05, 3.63) is 53.4 Å². The van der Waals surface area contributed by atoms with Crippen molar-refractivity contribution in [2.24, 2.45) is 0 Å². The fourth-order valence-electron chi connectivity index (χ4n) is 4.56. The number of allylic oxidation sites excluding steroid dienone is 1. The summed E-state index contributed by atoms with van der Waals surface area (Å²) in [5.41, 5.74) is 5.35. The van der Waals surface area contributed by atoms with E-state index in [1.807, 2.05) is 37.3 Å². The van der Waals surface area contributed by atoms with Gasteiger partial charge in [-0.2, -0.15) is 0 Å². The highest BCUT2D eigenvalue weighted by Crippen LogP contribution is 2.35. The van der Waals surface area contributed by atoms with Crippen LogP contribution in [-0.2, 0) is 4.74 Å². The number of H-pyrrole nitrogens is 1. The first-order valence-electron chi connectivity index (χ1n) is 10.0. The Kier molecular flexibility index (Phi) is 3.53. The molecule has 2 atom stereocenters. The van der Waals surface area contributed by atoms with Crippen LogP contribution in [-0.4, -0.2) is 46.1 Å². The number of benzene rings is 1. The van der Waals surface area contributed by atoms with Gasteiger partial charge < -0.3 is 15.0 Å². The molecule has 0 spiro atoms. The number of hydrogen-bond acceptors (Lipinski definition) is 5. The van der Waals surface area contributed by atoms with Crippen molar-refractivity contribution in [1.82, 2.24) is 20.3 Å². The lowest BCUT2D eigenvalue weighted by molar-refractivity contribution is 0.0940. The van der Waals surface area contributed by atoms with Gasteiger partial charge in [-0.3, -0.25) is 4.79 Å². The highest BCUT2D eigenvalue weighted by atomic mass is 16.6. The predicted molar refractivity (Wildman–Crippen MR) is 111 cm³/mol. The van der Waals surface area contributed by atoms with E-state index >= 15 is 0 Å². The van der Waals surface area contributed by atoms with Crippen molar-refractivity contribution in [3.8, 4) is 11.3 Å². The summed E-state index contributed by atoms with van der Waals surface area (Å²) in [4.78, 5) is 39.6. The van der Waals surface area contributed by atoms with Crippen LogP contribution in [0.25, 0.3) is 22.3 Å². The molecule has 8 heteroatoms. The Balaban J connectivity index is 1.66. The summed E-state index contributed by atoms with van der Waals surface area (Å²) < 4.78 is 5.33. The Morgan fingerprint density at radius 2 is 2.10 bits per heavy atom. The van der Waals surface area contributed by atoms with Crippen molar-refractivity contribution >= 4 is 28.9 Å². The zero-order valence-electron chi connectivity index (χ0n) is 16.3. The molecule has 1 fully saturated rings. The average molecular weight is 401 g/mol. The predicted octanol–water partition coefficient (Wildman–Crippen LogP) is 3.05. The SMILES string of the molecule is Cc1nc2cccc3c2nc1N1C(=O)OC[C@H]1/C=C\C[C@H]1CNC(=O)c2cc-3[nH]c21. The van der Waals surface area contributed by atoms with Crippen LogP contribution >= 0.6 is 0 Å². The maximum atomic E-state index is 12.5. The molecule has 3 aliphatic heterocycles. The zero-order chi connectivity index (χ0) is 20.4. The molecule has 30 heavy (non-hydrogen) atoms. The number of para-hydroxylation sites is 1. The molecular formula is C22H19N5O3. The van der Waals surface area contributed by atoms with Gasteiger partial charge in [0, 0.05) is 29.4 Å². The molecule has 2 aromatic heterocycles. The Morgan fingerprint density at radius 3 is 3.00 bits per heavy atom. The van der Waals surface area contributed by atoms with Crippen LogP contribution in [0.15, 0.2) is 36.4 Å². The number of carbonyl (C=O) groups excluding carboxylic acids is 2. The fraction of sp³-hybridized carbons (Fsp3) is 0.273. The van der Waals surface area contributed by atoms with Crippen molar-refractivity contribution in [3.63, 3.8) is 0 Å². The first kappa shape index (κ1) is 17.2. The van der Waals surface area contributed by atoms with E-state index in [1.165, 1.54) is 0 Å². The second-order valence-corrected chi connectivity index (χ2v) is 7.90. The molecule has 150 valence electrons. The number of nitrogens with one attached hydrogen (secondary N) is 2. The molecule has 0 saturated carbocycles. The van der Waals surface area contributed by atoms with E-state index in [0.29, 0.717) is 29.1 Å². The van der Waals surface area contributed by atoms with Gasteiger partial charge in [0.15, 0.2) is 5.82 Å². The van der Waals surface area contributed by atoms with Crippen molar-refractivity contribution in [2.75, 3.05) is 18.1 Å². The van der Waals surface area contributed by atoms with E-state index in [0.717, 1.165) is 28.9 Å². The summed E-state index contributed by atoms with van der Waals surface area (Å²) in [5, 5.41) is 2.98. The third-order valence-electron chi connectivity index (χ3n) is 6.06. The monoisotopic (exact) mass is 401 g/mol. The Labute approximate surface area is 172 Å². The Morgan fingerprint density at radius 1 is 1.20 bits per heavy atom. The molecule has 0 radical (unpaired) electrons. The van der Waals surface area contributed by atoms with Crippen LogP contribution in [0.5, 0.6) is 0 Å². The zero-order valence-corrected chi connectivity index (χ0v) is 16.3. The molecule has 2 N–H and O–H groups in total. The van der Waals surface area contributed by atoms with E-state index in [-0.39, 0.29) is 24.5 Å². The molecule has 3 aliphatic rings. The lowest BCUT2D eigenvalue weighted by atomic mass is 9.94. The number of anilines is 1. The molecule has 5 heterocycles. The Hall–Kier alpha value is -3.68. The summed E-state index contributed by atoms with van der Waals surface area (Å²) in [6.45, 7) is 2.69. The van der Waals surface area contributed by atoms with E-state index in [2.05, 4.69) is 16.4 Å². The first-order valence-corrected chi connectivity index (χ1v) is 10.0. The van der Waals surface area contributed by atoms with Gasteiger partial charge in [0.1, 0.15) is 12.1 Å². The van der Waals surface area contributed by atoms with Crippen LogP contribution in [0.4, 0.5) is 10.6 Å². The number of ether oxygens (including phenoxy) is 1. The third-order valence-corrected chi connectivity index (χ3v) is 6.06. The molecule has 1 saturated heterocycles. The van der Waals surface area contributed by atoms with Gasteiger partial charge in [-0.1, -0.05) is 24.3 Å². The largest absolute Gasteiger partial charge is 0.447 e. The van der Waals surface area contributed by atoms with Crippen LogP contribution < -0.4 is 10.2 Å². The molecule has 2 amide bonds. The lowest BCUT2D eigenvalue weighted by Gasteiger charge is -2.22. The topological polar surface area (TPSA) is 100 Å². The summed E-state index contributed by atoms with van der Waals surface area (Å²) >= 11 is 0.